The van der Waals surface area contributed by atoms with Gasteiger partial charge in [-0.25, -0.2) is 0 Å². The summed E-state index contributed by atoms with van der Waals surface area (Å²) in [6.07, 6.45) is 1.28. The highest BCUT2D eigenvalue weighted by Gasteiger charge is 2.21. The monoisotopic (exact) mass is 494 g/mol. The van der Waals surface area contributed by atoms with Gasteiger partial charge in [0.05, 0.1) is 0 Å². The Morgan fingerprint density at radius 1 is 1.43 bits per heavy atom. The van der Waals surface area contributed by atoms with Gasteiger partial charge in [0.1, 0.15) is 0 Å². The lowest BCUT2D eigenvalue weighted by atomic mass is 10.1. The summed E-state index contributed by atoms with van der Waals surface area (Å²) in [6, 6.07) is 8.34. The largest absolute Gasteiger partial charge is 0.356 e. The molecule has 2 rings (SSSR count). The van der Waals surface area contributed by atoms with Crippen molar-refractivity contribution in [2.24, 2.45) is 10.9 Å². The Hall–Kier alpha value is -0.340. The van der Waals surface area contributed by atoms with Crippen LogP contribution in [0.4, 0.5) is 0 Å². The first-order chi connectivity index (χ1) is 10.6. The average molecular weight is 495 g/mol. The highest BCUT2D eigenvalue weighted by atomic mass is 127. The first kappa shape index (κ1) is 20.7. The van der Waals surface area contributed by atoms with Crippen LogP contribution in [0, 0.1) is 5.92 Å². The molecule has 1 aliphatic rings. The Balaban J connectivity index is 0.00000264. The quantitative estimate of drug-likeness (QED) is 0.386. The van der Waals surface area contributed by atoms with Crippen LogP contribution in [0.1, 0.15) is 18.9 Å². The minimum Gasteiger partial charge on any atom is -0.356 e. The SMILES string of the molecule is CCN1CCC(CNC(=NC)N(C)Cc2ccccc2Br)C1.I. The van der Waals surface area contributed by atoms with Crippen molar-refractivity contribution in [2.45, 2.75) is 19.9 Å². The zero-order valence-corrected chi connectivity index (χ0v) is 18.2. The molecule has 6 heteroatoms. The Kier molecular flexibility index (Phi) is 9.46. The standard InChI is InChI=1S/C17H27BrN4.HI/c1-4-22-10-9-14(12-22)11-20-17(19-2)21(3)13-15-7-5-6-8-16(15)18;/h5-8,14H,4,9-13H2,1-3H3,(H,19,20);1H. The molecule has 130 valence electrons. The van der Waals surface area contributed by atoms with E-state index in [1.165, 1.54) is 25.1 Å². The second-order valence-electron chi connectivity index (χ2n) is 5.92. The van der Waals surface area contributed by atoms with Gasteiger partial charge in [-0.05, 0) is 37.1 Å². The maximum Gasteiger partial charge on any atom is 0.193 e. The second-order valence-corrected chi connectivity index (χ2v) is 6.78. The highest BCUT2D eigenvalue weighted by Crippen LogP contribution is 2.18. The van der Waals surface area contributed by atoms with E-state index >= 15 is 0 Å². The summed E-state index contributed by atoms with van der Waals surface area (Å²) < 4.78 is 1.15. The summed E-state index contributed by atoms with van der Waals surface area (Å²) in [5.74, 6) is 1.69. The number of benzene rings is 1. The molecule has 0 bridgehead atoms. The molecule has 1 heterocycles. The van der Waals surface area contributed by atoms with Gasteiger partial charge >= 0.3 is 0 Å². The summed E-state index contributed by atoms with van der Waals surface area (Å²) in [5, 5.41) is 3.53. The number of guanidine groups is 1. The molecule has 0 amide bonds. The summed E-state index contributed by atoms with van der Waals surface area (Å²) in [6.45, 7) is 7.67. The lowest BCUT2D eigenvalue weighted by Gasteiger charge is -2.24. The first-order valence-electron chi connectivity index (χ1n) is 8.01. The fourth-order valence-corrected chi connectivity index (χ4v) is 3.35. The molecule has 1 saturated heterocycles. The van der Waals surface area contributed by atoms with E-state index < -0.39 is 0 Å². The molecule has 0 spiro atoms. The number of halogens is 2. The fourth-order valence-electron chi connectivity index (χ4n) is 2.94. The van der Waals surface area contributed by atoms with E-state index in [0.717, 1.165) is 36.0 Å². The third kappa shape index (κ3) is 6.23. The molecule has 23 heavy (non-hydrogen) atoms. The third-order valence-electron chi connectivity index (χ3n) is 4.30. The van der Waals surface area contributed by atoms with E-state index in [4.69, 9.17) is 0 Å². The van der Waals surface area contributed by atoms with Gasteiger partial charge in [-0.3, -0.25) is 4.99 Å². The van der Waals surface area contributed by atoms with Gasteiger partial charge in [0.2, 0.25) is 0 Å². The smallest absolute Gasteiger partial charge is 0.193 e. The van der Waals surface area contributed by atoms with Crippen molar-refractivity contribution >= 4 is 45.9 Å². The van der Waals surface area contributed by atoms with Gasteiger partial charge in [0.25, 0.3) is 0 Å². The van der Waals surface area contributed by atoms with Crippen molar-refractivity contribution in [3.8, 4) is 0 Å². The molecule has 0 aliphatic carbocycles. The Bertz CT molecular complexity index is 509. The van der Waals surface area contributed by atoms with E-state index in [-0.39, 0.29) is 24.0 Å². The molecule has 1 atom stereocenters. The number of likely N-dealkylation sites (tertiary alicyclic amines) is 1. The van der Waals surface area contributed by atoms with Crippen molar-refractivity contribution in [1.82, 2.24) is 15.1 Å². The van der Waals surface area contributed by atoms with E-state index in [2.05, 4.69) is 68.2 Å². The van der Waals surface area contributed by atoms with Crippen LogP contribution in [-0.2, 0) is 6.54 Å². The number of rotatable bonds is 5. The minimum atomic E-state index is 0. The predicted octanol–water partition coefficient (Wildman–Crippen LogP) is 3.42. The Morgan fingerprint density at radius 2 is 2.17 bits per heavy atom. The van der Waals surface area contributed by atoms with Crippen LogP contribution < -0.4 is 5.32 Å². The number of nitrogens with one attached hydrogen (secondary N) is 1. The summed E-state index contributed by atoms with van der Waals surface area (Å²) in [7, 11) is 3.94. The predicted molar refractivity (Wildman–Crippen MR) is 113 cm³/mol. The molecule has 1 aromatic carbocycles. The molecule has 0 aromatic heterocycles. The second kappa shape index (κ2) is 10.5. The third-order valence-corrected chi connectivity index (χ3v) is 5.08. The number of hydrogen-bond donors (Lipinski definition) is 1. The van der Waals surface area contributed by atoms with Crippen LogP contribution >= 0.6 is 39.9 Å². The molecule has 1 aliphatic heterocycles. The lowest BCUT2D eigenvalue weighted by Crippen LogP contribution is -2.41. The van der Waals surface area contributed by atoms with E-state index in [0.29, 0.717) is 0 Å². The zero-order chi connectivity index (χ0) is 15.9. The maximum atomic E-state index is 4.42. The van der Waals surface area contributed by atoms with Crippen LogP contribution in [0.25, 0.3) is 0 Å². The first-order valence-corrected chi connectivity index (χ1v) is 8.80. The molecule has 1 N–H and O–H groups in total. The van der Waals surface area contributed by atoms with E-state index in [1.54, 1.807) is 0 Å². The molecule has 0 radical (unpaired) electrons. The van der Waals surface area contributed by atoms with Crippen molar-refractivity contribution in [2.75, 3.05) is 40.3 Å². The van der Waals surface area contributed by atoms with Crippen LogP contribution in [0.3, 0.4) is 0 Å². The summed E-state index contributed by atoms with van der Waals surface area (Å²) >= 11 is 3.61. The number of nitrogens with zero attached hydrogens (tertiary/aromatic N) is 3. The Morgan fingerprint density at radius 3 is 2.78 bits per heavy atom. The van der Waals surface area contributed by atoms with Crippen LogP contribution in [0.5, 0.6) is 0 Å². The molecule has 0 saturated carbocycles. The average Bonchev–Trinajstić information content (AvgIpc) is 2.98. The topological polar surface area (TPSA) is 30.9 Å². The summed E-state index contributed by atoms with van der Waals surface area (Å²) in [4.78, 5) is 9.10. The highest BCUT2D eigenvalue weighted by molar-refractivity contribution is 14.0. The van der Waals surface area contributed by atoms with Gasteiger partial charge in [-0.1, -0.05) is 41.1 Å². The minimum absolute atomic E-state index is 0. The van der Waals surface area contributed by atoms with Crippen LogP contribution in [0.15, 0.2) is 33.7 Å². The maximum absolute atomic E-state index is 4.42. The molecular formula is C17H28BrIN4. The molecular weight excluding hydrogens is 467 g/mol. The van der Waals surface area contributed by atoms with Crippen molar-refractivity contribution in [1.29, 1.82) is 0 Å². The normalized spacial score (nSPS) is 18.6. The number of aliphatic imine (C=N–C) groups is 1. The fraction of sp³-hybridized carbons (Fsp3) is 0.588. The lowest BCUT2D eigenvalue weighted by molar-refractivity contribution is 0.340. The molecule has 4 nitrogen and oxygen atoms in total. The van der Waals surface area contributed by atoms with Crippen LogP contribution in [-0.4, -0.2) is 56.0 Å². The van der Waals surface area contributed by atoms with Gasteiger partial charge in [0, 0.05) is 38.2 Å². The van der Waals surface area contributed by atoms with E-state index in [9.17, 15) is 0 Å². The zero-order valence-electron chi connectivity index (χ0n) is 14.3. The van der Waals surface area contributed by atoms with Crippen LogP contribution in [0.2, 0.25) is 0 Å². The van der Waals surface area contributed by atoms with Crippen molar-refractivity contribution in [3.05, 3.63) is 34.3 Å². The van der Waals surface area contributed by atoms with E-state index in [1.807, 2.05) is 13.1 Å². The van der Waals surface area contributed by atoms with Gasteiger partial charge in [-0.15, -0.1) is 24.0 Å². The number of hydrogen-bond acceptors (Lipinski definition) is 2. The van der Waals surface area contributed by atoms with Gasteiger partial charge in [-0.2, -0.15) is 0 Å². The molecule has 1 aromatic rings. The van der Waals surface area contributed by atoms with Crippen molar-refractivity contribution in [3.63, 3.8) is 0 Å². The van der Waals surface area contributed by atoms with Gasteiger partial charge in [0.15, 0.2) is 5.96 Å². The van der Waals surface area contributed by atoms with Crippen molar-refractivity contribution < 1.29 is 0 Å². The van der Waals surface area contributed by atoms with Gasteiger partial charge < -0.3 is 15.1 Å². The molecule has 1 fully saturated rings. The molecule has 1 unspecified atom stereocenters. The summed E-state index contributed by atoms with van der Waals surface area (Å²) in [5.41, 5.74) is 1.27. The Labute approximate surface area is 165 Å².